The zero-order valence-electron chi connectivity index (χ0n) is 13.7. The van der Waals surface area contributed by atoms with Crippen LogP contribution in [0.2, 0.25) is 0 Å². The van der Waals surface area contributed by atoms with Gasteiger partial charge in [0.15, 0.2) is 5.78 Å². The monoisotopic (exact) mass is 383 g/mol. The molecule has 2 saturated heterocycles. The number of hydrogen-bond donors (Lipinski definition) is 2. The average Bonchev–Trinajstić information content (AvgIpc) is 2.82. The zero-order valence-corrected chi connectivity index (χ0v) is 15.3. The maximum Gasteiger partial charge on any atom is 0.327 e. The van der Waals surface area contributed by atoms with E-state index in [0.717, 1.165) is 5.56 Å². The number of hydrogen-bond acceptors (Lipinski definition) is 5. The summed E-state index contributed by atoms with van der Waals surface area (Å²) in [6, 6.07) is 5.55. The lowest BCUT2D eigenvalue weighted by Gasteiger charge is -2.45. The molecule has 2 aliphatic heterocycles. The molecule has 0 aliphatic carbocycles. The van der Waals surface area contributed by atoms with E-state index in [0.29, 0.717) is 11.4 Å². The smallest absolute Gasteiger partial charge is 0.327 e. The molecule has 8 heteroatoms. The number of ketones is 1. The van der Waals surface area contributed by atoms with Gasteiger partial charge in [0, 0.05) is 16.2 Å². The highest BCUT2D eigenvalue weighted by Crippen LogP contribution is 2.54. The number of carbonyl (C=O) groups excluding carboxylic acids is 2. The number of β-lactam (4-membered cyclic amide) rings is 1. The molecule has 2 N–H and O–H groups in total. The van der Waals surface area contributed by atoms with Crippen molar-refractivity contribution in [3.8, 4) is 0 Å². The molecule has 1 aromatic carbocycles. The normalized spacial score (nSPS) is 28.2. The molecule has 0 aromatic heterocycles. The number of thioether (sulfide) groups is 1. The Kier molecular flexibility index (Phi) is 4.59. The van der Waals surface area contributed by atoms with Crippen molar-refractivity contribution in [2.24, 2.45) is 5.92 Å². The first-order valence-corrected chi connectivity index (χ1v) is 9.20. The van der Waals surface area contributed by atoms with Crippen LogP contribution in [0.3, 0.4) is 0 Å². The molecule has 2 fully saturated rings. The van der Waals surface area contributed by atoms with Gasteiger partial charge in [0.05, 0.1) is 5.37 Å². The largest absolute Gasteiger partial charge is 0.480 e. The van der Waals surface area contributed by atoms with Gasteiger partial charge < -0.3 is 15.1 Å². The molecule has 6 nitrogen and oxygen atoms in total. The number of aliphatic hydroxyl groups excluding tert-OH is 1. The molecule has 1 amide bonds. The van der Waals surface area contributed by atoms with Crippen LogP contribution >= 0.6 is 23.4 Å². The van der Waals surface area contributed by atoms with E-state index in [-0.39, 0.29) is 0 Å². The highest BCUT2D eigenvalue weighted by atomic mass is 35.5. The van der Waals surface area contributed by atoms with E-state index in [2.05, 4.69) is 0 Å². The number of rotatable bonds is 5. The van der Waals surface area contributed by atoms with Gasteiger partial charge in [0.2, 0.25) is 5.91 Å². The summed E-state index contributed by atoms with van der Waals surface area (Å²) in [6.07, 6.45) is -1.49. The zero-order chi connectivity index (χ0) is 18.5. The molecule has 0 spiro atoms. The molecule has 4 atom stereocenters. The number of carboxylic acid groups (broad SMARTS) is 1. The molecule has 25 heavy (non-hydrogen) atoms. The van der Waals surface area contributed by atoms with Gasteiger partial charge in [-0.25, -0.2) is 4.79 Å². The Morgan fingerprint density at radius 1 is 1.32 bits per heavy atom. The number of carboxylic acids is 1. The van der Waals surface area contributed by atoms with Crippen LogP contribution in [0.25, 0.3) is 0 Å². The molecular formula is C17H18ClNO5S. The van der Waals surface area contributed by atoms with Gasteiger partial charge >= 0.3 is 5.97 Å². The Morgan fingerprint density at radius 2 is 1.92 bits per heavy atom. The third-order valence-corrected chi connectivity index (χ3v) is 6.62. The first-order valence-electron chi connectivity index (χ1n) is 7.79. The van der Waals surface area contributed by atoms with Gasteiger partial charge in [-0.3, -0.25) is 9.59 Å². The van der Waals surface area contributed by atoms with Crippen LogP contribution in [-0.4, -0.2) is 55.0 Å². The maximum atomic E-state index is 12.5. The first-order chi connectivity index (χ1) is 11.7. The maximum absolute atomic E-state index is 12.5. The van der Waals surface area contributed by atoms with Crippen LogP contribution < -0.4 is 0 Å². The number of carbonyl (C=O) groups is 3. The minimum Gasteiger partial charge on any atom is -0.480 e. The Labute approximate surface area is 154 Å². The number of aliphatic carboxylic acids is 1. The molecule has 0 saturated carbocycles. The van der Waals surface area contributed by atoms with Crippen LogP contribution in [-0.2, 0) is 15.5 Å². The number of nitrogens with zero attached hydrogens (tertiary/aromatic N) is 1. The number of fused-ring (bicyclic) bond motifs is 1. The summed E-state index contributed by atoms with van der Waals surface area (Å²) in [7, 11) is 0. The minimum absolute atomic E-state index is 0.296. The summed E-state index contributed by atoms with van der Waals surface area (Å²) in [4.78, 5) is 37.7. The van der Waals surface area contributed by atoms with Crippen molar-refractivity contribution >= 4 is 41.0 Å². The molecule has 3 rings (SSSR count). The van der Waals surface area contributed by atoms with Crippen LogP contribution in [0.4, 0.5) is 0 Å². The standard InChI is InChI=1S/C17H18ClNO5S/c1-17(2)13(16(23)24)19-14(22)10(15(19)25-17)12(21)11(20)9-5-3-8(7-18)4-6-9/h3-6,10,12-13,15,21H,7H2,1-2H3,(H,23,24)/t10-,12+,13+,15-/m1/s1. The molecule has 1 aromatic rings. The van der Waals surface area contributed by atoms with Crippen molar-refractivity contribution in [1.82, 2.24) is 4.90 Å². The Morgan fingerprint density at radius 3 is 2.44 bits per heavy atom. The Balaban J connectivity index is 1.80. The van der Waals surface area contributed by atoms with E-state index >= 15 is 0 Å². The lowest BCUT2D eigenvalue weighted by Crippen LogP contribution is -2.66. The molecule has 0 unspecified atom stereocenters. The average molecular weight is 384 g/mol. The van der Waals surface area contributed by atoms with Crippen LogP contribution in [0, 0.1) is 5.92 Å². The van der Waals surface area contributed by atoms with Crippen molar-refractivity contribution in [2.45, 2.75) is 42.0 Å². The fourth-order valence-corrected chi connectivity index (χ4v) is 5.32. The SMILES string of the molecule is CC1(C)S[C@@H]2[C@H]([C@H](O)C(=O)c3ccc(CCl)cc3)C(=O)N2[C@H]1C(=O)O. The van der Waals surface area contributed by atoms with E-state index < -0.39 is 45.8 Å². The summed E-state index contributed by atoms with van der Waals surface area (Å²) in [5, 5.41) is 19.3. The first kappa shape index (κ1) is 18.2. The molecule has 2 heterocycles. The Hall–Kier alpha value is -1.57. The topological polar surface area (TPSA) is 94.9 Å². The lowest BCUT2D eigenvalue weighted by molar-refractivity contribution is -0.167. The summed E-state index contributed by atoms with van der Waals surface area (Å²) in [5.74, 6) is -2.72. The van der Waals surface area contributed by atoms with Crippen molar-refractivity contribution in [2.75, 3.05) is 0 Å². The molecule has 0 bridgehead atoms. The van der Waals surface area contributed by atoms with Crippen LogP contribution in [0.1, 0.15) is 29.8 Å². The van der Waals surface area contributed by atoms with E-state index in [1.165, 1.54) is 16.7 Å². The number of halogens is 1. The minimum atomic E-state index is -1.49. The molecule has 0 radical (unpaired) electrons. The second kappa shape index (κ2) is 6.30. The predicted molar refractivity (Wildman–Crippen MR) is 93.6 cm³/mol. The summed E-state index contributed by atoms with van der Waals surface area (Å²) < 4.78 is -0.689. The van der Waals surface area contributed by atoms with E-state index in [9.17, 15) is 24.6 Å². The third-order valence-electron chi connectivity index (χ3n) is 4.72. The van der Waals surface area contributed by atoms with Crippen LogP contribution in [0.5, 0.6) is 0 Å². The summed E-state index contributed by atoms with van der Waals surface area (Å²) >= 11 is 7.02. The number of Topliss-reactive ketones (excluding diaryl/α,β-unsaturated/α-hetero) is 1. The number of alkyl halides is 1. The summed E-state index contributed by atoms with van der Waals surface area (Å²) in [5.41, 5.74) is 1.14. The van der Waals surface area contributed by atoms with Crippen LogP contribution in [0.15, 0.2) is 24.3 Å². The molecule has 134 valence electrons. The van der Waals surface area contributed by atoms with Gasteiger partial charge in [-0.15, -0.1) is 23.4 Å². The Bertz CT molecular complexity index is 735. The van der Waals surface area contributed by atoms with E-state index in [1.54, 1.807) is 38.1 Å². The molecule has 2 aliphatic rings. The van der Waals surface area contributed by atoms with Gasteiger partial charge in [0.1, 0.15) is 18.1 Å². The predicted octanol–water partition coefficient (Wildman–Crippen LogP) is 1.73. The lowest BCUT2D eigenvalue weighted by atomic mass is 9.85. The third kappa shape index (κ3) is 2.84. The number of benzene rings is 1. The van der Waals surface area contributed by atoms with Gasteiger partial charge in [-0.05, 0) is 19.4 Å². The molecular weight excluding hydrogens is 366 g/mol. The second-order valence-electron chi connectivity index (χ2n) is 6.76. The number of amides is 1. The highest BCUT2D eigenvalue weighted by Gasteiger charge is 2.65. The van der Waals surface area contributed by atoms with E-state index in [1.807, 2.05) is 0 Å². The highest BCUT2D eigenvalue weighted by molar-refractivity contribution is 8.01. The second-order valence-corrected chi connectivity index (χ2v) is 8.80. The van der Waals surface area contributed by atoms with Gasteiger partial charge in [0.25, 0.3) is 0 Å². The fraction of sp³-hybridized carbons (Fsp3) is 0.471. The fourth-order valence-electron chi connectivity index (χ4n) is 3.42. The van der Waals surface area contributed by atoms with Gasteiger partial charge in [-0.1, -0.05) is 24.3 Å². The van der Waals surface area contributed by atoms with Crippen molar-refractivity contribution in [1.29, 1.82) is 0 Å². The quantitative estimate of drug-likeness (QED) is 0.457. The van der Waals surface area contributed by atoms with E-state index in [4.69, 9.17) is 11.6 Å². The number of aliphatic hydroxyl groups is 1. The van der Waals surface area contributed by atoms with Crippen molar-refractivity contribution < 1.29 is 24.6 Å². The van der Waals surface area contributed by atoms with Gasteiger partial charge in [-0.2, -0.15) is 0 Å². The van der Waals surface area contributed by atoms with Crippen molar-refractivity contribution in [3.63, 3.8) is 0 Å². The summed E-state index contributed by atoms with van der Waals surface area (Å²) in [6.45, 7) is 3.50. The van der Waals surface area contributed by atoms with Crippen molar-refractivity contribution in [3.05, 3.63) is 35.4 Å².